The maximum atomic E-state index is 12.2. The molecule has 5 heteroatoms. The second-order valence-corrected chi connectivity index (χ2v) is 4.03. The highest BCUT2D eigenvalue weighted by molar-refractivity contribution is 6.01. The Kier molecular flexibility index (Phi) is 4.64. The summed E-state index contributed by atoms with van der Waals surface area (Å²) in [5, 5.41) is 0. The van der Waals surface area contributed by atoms with Crippen LogP contribution in [0.1, 0.15) is 38.1 Å². The highest BCUT2D eigenvalue weighted by Gasteiger charge is 2.31. The Morgan fingerprint density at radius 2 is 1.39 bits per heavy atom. The fourth-order valence-corrected chi connectivity index (χ4v) is 2.09. The lowest BCUT2D eigenvalue weighted by Gasteiger charge is -2.26. The first kappa shape index (κ1) is 14.4. The minimum absolute atomic E-state index is 0.0624. The van der Waals surface area contributed by atoms with E-state index in [9.17, 15) is 14.4 Å². The standard InChI is InChI=1S/C13H20N2O3/c1-5-14(6-2)10-9(11(16)12(10)17)13(18)15(7-3)8-4/h5-8H2,1-4H3. The minimum Gasteiger partial charge on any atom is -0.368 e. The number of anilines is 1. The lowest BCUT2D eigenvalue weighted by atomic mass is 10.0. The molecule has 0 atom stereocenters. The van der Waals surface area contributed by atoms with Crippen molar-refractivity contribution in [2.24, 2.45) is 0 Å². The van der Waals surface area contributed by atoms with Gasteiger partial charge in [0.25, 0.3) is 11.3 Å². The zero-order valence-corrected chi connectivity index (χ0v) is 11.4. The summed E-state index contributed by atoms with van der Waals surface area (Å²) in [5.74, 6) is -0.327. The topological polar surface area (TPSA) is 57.7 Å². The van der Waals surface area contributed by atoms with Gasteiger partial charge in [-0.05, 0) is 27.7 Å². The summed E-state index contributed by atoms with van der Waals surface area (Å²) in [4.78, 5) is 38.7. The van der Waals surface area contributed by atoms with Crippen molar-refractivity contribution in [1.29, 1.82) is 0 Å². The SMILES string of the molecule is CCN(CC)C(=O)c1c(N(CC)CC)c(=O)c1=O. The molecule has 0 heterocycles. The normalized spacial score (nSPS) is 10.7. The van der Waals surface area contributed by atoms with Crippen LogP contribution in [0.25, 0.3) is 0 Å². The number of hydrogen-bond donors (Lipinski definition) is 0. The van der Waals surface area contributed by atoms with Gasteiger partial charge >= 0.3 is 0 Å². The maximum absolute atomic E-state index is 12.2. The van der Waals surface area contributed by atoms with E-state index >= 15 is 0 Å². The van der Waals surface area contributed by atoms with E-state index in [1.807, 2.05) is 27.7 Å². The lowest BCUT2D eigenvalue weighted by Crippen LogP contribution is -2.48. The summed E-state index contributed by atoms with van der Waals surface area (Å²) in [5.41, 5.74) is -0.822. The van der Waals surface area contributed by atoms with E-state index in [1.54, 1.807) is 9.80 Å². The molecule has 18 heavy (non-hydrogen) atoms. The van der Waals surface area contributed by atoms with Crippen molar-refractivity contribution in [3.05, 3.63) is 26.0 Å². The van der Waals surface area contributed by atoms with E-state index < -0.39 is 10.9 Å². The molecule has 0 fully saturated rings. The van der Waals surface area contributed by atoms with Crippen LogP contribution in [0.3, 0.4) is 0 Å². The smallest absolute Gasteiger partial charge is 0.260 e. The summed E-state index contributed by atoms with van der Waals surface area (Å²) >= 11 is 0. The predicted molar refractivity (Wildman–Crippen MR) is 72.2 cm³/mol. The van der Waals surface area contributed by atoms with Crippen molar-refractivity contribution < 1.29 is 4.79 Å². The van der Waals surface area contributed by atoms with Crippen molar-refractivity contribution in [2.45, 2.75) is 27.7 Å². The van der Waals surface area contributed by atoms with Crippen LogP contribution >= 0.6 is 0 Å². The molecule has 0 aliphatic carbocycles. The number of amides is 1. The van der Waals surface area contributed by atoms with Gasteiger partial charge in [0.1, 0.15) is 11.3 Å². The van der Waals surface area contributed by atoms with Gasteiger partial charge in [-0.2, -0.15) is 0 Å². The van der Waals surface area contributed by atoms with Gasteiger partial charge in [-0.15, -0.1) is 0 Å². The van der Waals surface area contributed by atoms with Crippen LogP contribution in [0.15, 0.2) is 9.59 Å². The Morgan fingerprint density at radius 3 is 1.78 bits per heavy atom. The van der Waals surface area contributed by atoms with E-state index in [0.29, 0.717) is 31.9 Å². The van der Waals surface area contributed by atoms with Crippen LogP contribution in [-0.4, -0.2) is 37.0 Å². The van der Waals surface area contributed by atoms with Crippen LogP contribution < -0.4 is 15.8 Å². The van der Waals surface area contributed by atoms with Crippen LogP contribution in [0.5, 0.6) is 0 Å². The van der Waals surface area contributed by atoms with Gasteiger partial charge in [0, 0.05) is 26.2 Å². The van der Waals surface area contributed by atoms with Crippen LogP contribution in [0, 0.1) is 0 Å². The molecule has 0 bridgehead atoms. The number of rotatable bonds is 6. The van der Waals surface area contributed by atoms with Gasteiger partial charge in [-0.3, -0.25) is 14.4 Å². The van der Waals surface area contributed by atoms with E-state index in [4.69, 9.17) is 0 Å². The molecule has 0 aliphatic heterocycles. The fourth-order valence-electron chi connectivity index (χ4n) is 2.09. The van der Waals surface area contributed by atoms with Gasteiger partial charge in [0.15, 0.2) is 0 Å². The van der Waals surface area contributed by atoms with Gasteiger partial charge in [-0.1, -0.05) is 0 Å². The second kappa shape index (κ2) is 5.80. The number of carbonyl (C=O) groups excluding carboxylic acids is 1. The average molecular weight is 252 g/mol. The molecular formula is C13H20N2O3. The predicted octanol–water partition coefficient (Wildman–Crippen LogP) is 0.611. The third kappa shape index (κ3) is 2.17. The first-order chi connectivity index (χ1) is 8.53. The van der Waals surface area contributed by atoms with Crippen molar-refractivity contribution in [3.8, 4) is 0 Å². The molecule has 0 saturated carbocycles. The van der Waals surface area contributed by atoms with E-state index in [-0.39, 0.29) is 11.5 Å². The summed E-state index contributed by atoms with van der Waals surface area (Å²) in [6.45, 7) is 9.78. The first-order valence-electron chi connectivity index (χ1n) is 6.40. The lowest BCUT2D eigenvalue weighted by molar-refractivity contribution is 0.0770. The number of nitrogens with zero attached hydrogens (tertiary/aromatic N) is 2. The van der Waals surface area contributed by atoms with Crippen LogP contribution in [0.4, 0.5) is 5.69 Å². The molecular weight excluding hydrogens is 232 g/mol. The molecule has 0 N–H and O–H groups in total. The molecule has 5 nitrogen and oxygen atoms in total. The molecule has 1 aromatic rings. The number of hydrogen-bond acceptors (Lipinski definition) is 4. The molecule has 0 saturated heterocycles. The van der Waals surface area contributed by atoms with Crippen LogP contribution in [0.2, 0.25) is 0 Å². The molecule has 0 unspecified atom stereocenters. The van der Waals surface area contributed by atoms with Gasteiger partial charge in [0.05, 0.1) is 0 Å². The van der Waals surface area contributed by atoms with E-state index in [1.165, 1.54) is 0 Å². The molecule has 1 rings (SSSR count). The Labute approximate surface area is 107 Å². The van der Waals surface area contributed by atoms with Gasteiger partial charge in [-0.25, -0.2) is 0 Å². The quantitative estimate of drug-likeness (QED) is 0.696. The Balaban J connectivity index is 3.19. The van der Waals surface area contributed by atoms with E-state index in [0.717, 1.165) is 0 Å². The van der Waals surface area contributed by atoms with Gasteiger partial charge in [0.2, 0.25) is 5.43 Å². The van der Waals surface area contributed by atoms with Crippen molar-refractivity contribution in [1.82, 2.24) is 4.90 Å². The molecule has 1 aromatic carbocycles. The zero-order chi connectivity index (χ0) is 13.9. The summed E-state index contributed by atoms with van der Waals surface area (Å²) in [7, 11) is 0. The minimum atomic E-state index is -0.645. The van der Waals surface area contributed by atoms with Crippen molar-refractivity contribution in [2.75, 3.05) is 31.1 Å². The molecule has 1 amide bonds. The zero-order valence-electron chi connectivity index (χ0n) is 11.4. The summed E-state index contributed by atoms with van der Waals surface area (Å²) in [6.07, 6.45) is 0. The third-order valence-electron chi connectivity index (χ3n) is 3.23. The third-order valence-corrected chi connectivity index (χ3v) is 3.23. The summed E-state index contributed by atoms with van der Waals surface area (Å²) < 4.78 is 0. The molecule has 0 spiro atoms. The van der Waals surface area contributed by atoms with Gasteiger partial charge < -0.3 is 9.80 Å². The monoisotopic (exact) mass is 252 g/mol. The Hall–Kier alpha value is -1.65. The Morgan fingerprint density at radius 1 is 0.889 bits per heavy atom. The summed E-state index contributed by atoms with van der Waals surface area (Å²) in [6, 6.07) is 0. The maximum Gasteiger partial charge on any atom is 0.260 e. The molecule has 0 aliphatic rings. The van der Waals surface area contributed by atoms with Crippen molar-refractivity contribution >= 4 is 11.6 Å². The van der Waals surface area contributed by atoms with Crippen LogP contribution in [-0.2, 0) is 0 Å². The molecule has 0 radical (unpaired) electrons. The average Bonchev–Trinajstić information content (AvgIpc) is 2.39. The highest BCUT2D eigenvalue weighted by Crippen LogP contribution is 2.16. The van der Waals surface area contributed by atoms with E-state index in [2.05, 4.69) is 0 Å². The molecule has 0 aromatic heterocycles. The second-order valence-electron chi connectivity index (χ2n) is 4.03. The largest absolute Gasteiger partial charge is 0.368 e. The number of carbonyl (C=O) groups is 1. The Bertz CT molecular complexity index is 492. The van der Waals surface area contributed by atoms with Crippen molar-refractivity contribution in [3.63, 3.8) is 0 Å². The highest BCUT2D eigenvalue weighted by atomic mass is 16.2. The fraction of sp³-hybridized carbons (Fsp3) is 0.615. The first-order valence-corrected chi connectivity index (χ1v) is 6.40. The molecule has 100 valence electrons.